The van der Waals surface area contributed by atoms with Gasteiger partial charge < -0.3 is 10.1 Å². The third kappa shape index (κ3) is 4.24. The molecule has 6 heteroatoms. The van der Waals surface area contributed by atoms with Gasteiger partial charge in [-0.2, -0.15) is 0 Å². The molecule has 0 bridgehead atoms. The SMILES string of the molecule is COC(=O)N[C@@H](c1cc(C)ccc1C)C(Br)(Br)Br. The van der Waals surface area contributed by atoms with Crippen molar-refractivity contribution in [3.8, 4) is 0 Å². The van der Waals surface area contributed by atoms with Crippen LogP contribution in [0.15, 0.2) is 18.2 Å². The molecule has 1 rings (SSSR count). The summed E-state index contributed by atoms with van der Waals surface area (Å²) in [6.45, 7) is 4.01. The Morgan fingerprint density at radius 2 is 1.94 bits per heavy atom. The van der Waals surface area contributed by atoms with Crippen molar-refractivity contribution >= 4 is 53.9 Å². The summed E-state index contributed by atoms with van der Waals surface area (Å²) in [5.41, 5.74) is 3.22. The van der Waals surface area contributed by atoms with E-state index in [9.17, 15) is 4.79 Å². The lowest BCUT2D eigenvalue weighted by Crippen LogP contribution is -2.36. The van der Waals surface area contributed by atoms with Crippen LogP contribution in [0.25, 0.3) is 0 Å². The second kappa shape index (κ2) is 6.39. The lowest BCUT2D eigenvalue weighted by molar-refractivity contribution is 0.167. The minimum Gasteiger partial charge on any atom is -0.453 e. The highest BCUT2D eigenvalue weighted by molar-refractivity contribution is 9.39. The molecule has 0 saturated heterocycles. The molecule has 0 spiro atoms. The maximum atomic E-state index is 11.4. The van der Waals surface area contributed by atoms with Crippen LogP contribution in [-0.2, 0) is 4.74 Å². The Morgan fingerprint density at radius 1 is 1.33 bits per heavy atom. The Bertz CT molecular complexity index is 443. The van der Waals surface area contributed by atoms with Crippen LogP contribution in [0, 0.1) is 13.8 Å². The first-order valence-electron chi connectivity index (χ1n) is 5.24. The Hall–Kier alpha value is -0.0700. The van der Waals surface area contributed by atoms with E-state index >= 15 is 0 Å². The lowest BCUT2D eigenvalue weighted by Gasteiger charge is -2.28. The van der Waals surface area contributed by atoms with Crippen LogP contribution in [-0.4, -0.2) is 15.3 Å². The first kappa shape index (κ1) is 16.0. The van der Waals surface area contributed by atoms with Gasteiger partial charge in [0.05, 0.1) is 13.2 Å². The van der Waals surface area contributed by atoms with Gasteiger partial charge in [0.15, 0.2) is 2.14 Å². The third-order valence-electron chi connectivity index (χ3n) is 2.52. The Morgan fingerprint density at radius 3 is 2.44 bits per heavy atom. The van der Waals surface area contributed by atoms with Crippen LogP contribution in [0.1, 0.15) is 22.7 Å². The summed E-state index contributed by atoms with van der Waals surface area (Å²) in [6, 6.07) is 5.78. The summed E-state index contributed by atoms with van der Waals surface area (Å²) in [4.78, 5) is 11.4. The molecule has 18 heavy (non-hydrogen) atoms. The predicted octanol–water partition coefficient (Wildman–Crippen LogP) is 4.54. The first-order valence-corrected chi connectivity index (χ1v) is 7.62. The third-order valence-corrected chi connectivity index (χ3v) is 3.89. The average Bonchev–Trinajstić information content (AvgIpc) is 2.27. The topological polar surface area (TPSA) is 38.3 Å². The average molecular weight is 444 g/mol. The van der Waals surface area contributed by atoms with E-state index in [4.69, 9.17) is 0 Å². The van der Waals surface area contributed by atoms with Gasteiger partial charge in [-0.05, 0) is 25.0 Å². The molecular formula is C12H14Br3NO2. The number of halogens is 3. The summed E-state index contributed by atoms with van der Waals surface area (Å²) < 4.78 is 4.02. The fraction of sp³-hybridized carbons (Fsp3) is 0.417. The number of methoxy groups -OCH3 is 1. The quantitative estimate of drug-likeness (QED) is 0.681. The summed E-state index contributed by atoms with van der Waals surface area (Å²) in [5, 5.41) is 2.79. The highest BCUT2D eigenvalue weighted by atomic mass is 80.0. The van der Waals surface area contributed by atoms with E-state index in [1.165, 1.54) is 7.11 Å². The number of carbonyl (C=O) groups is 1. The second-order valence-electron chi connectivity index (χ2n) is 3.97. The molecule has 1 aromatic rings. The predicted molar refractivity (Wildman–Crippen MR) is 83.7 cm³/mol. The maximum absolute atomic E-state index is 11.4. The Kier molecular flexibility index (Phi) is 5.67. The van der Waals surface area contributed by atoms with Gasteiger partial charge in [-0.1, -0.05) is 71.6 Å². The molecule has 1 amide bonds. The van der Waals surface area contributed by atoms with Crippen molar-refractivity contribution in [2.45, 2.75) is 22.0 Å². The van der Waals surface area contributed by atoms with Crippen LogP contribution in [0.4, 0.5) is 4.79 Å². The number of benzene rings is 1. The van der Waals surface area contributed by atoms with Gasteiger partial charge >= 0.3 is 6.09 Å². The summed E-state index contributed by atoms with van der Waals surface area (Å²) in [5.74, 6) is 0. The largest absolute Gasteiger partial charge is 0.453 e. The zero-order valence-corrected chi connectivity index (χ0v) is 15.0. The number of nitrogens with one attached hydrogen (secondary N) is 1. The highest BCUT2D eigenvalue weighted by Crippen LogP contribution is 2.45. The molecule has 100 valence electrons. The lowest BCUT2D eigenvalue weighted by atomic mass is 10.00. The minimum absolute atomic E-state index is 0.315. The van der Waals surface area contributed by atoms with E-state index in [-0.39, 0.29) is 6.04 Å². The van der Waals surface area contributed by atoms with Crippen LogP contribution in [0.3, 0.4) is 0 Å². The zero-order valence-electron chi connectivity index (χ0n) is 10.3. The summed E-state index contributed by atoms with van der Waals surface area (Å²) >= 11 is 10.4. The maximum Gasteiger partial charge on any atom is 0.407 e. The van der Waals surface area contributed by atoms with E-state index in [0.29, 0.717) is 0 Å². The molecular weight excluding hydrogens is 430 g/mol. The molecule has 1 atom stereocenters. The molecule has 0 aromatic heterocycles. The molecule has 1 aromatic carbocycles. The van der Waals surface area contributed by atoms with Gasteiger partial charge in [0.2, 0.25) is 0 Å². The number of hydrogen-bond donors (Lipinski definition) is 1. The fourth-order valence-electron chi connectivity index (χ4n) is 1.58. The Labute approximate surface area is 132 Å². The standard InChI is InChI=1S/C12H14Br3NO2/c1-7-4-5-8(2)9(6-7)10(12(13,14)15)16-11(17)18-3/h4-6,10H,1-3H3,(H,16,17)/t10-/m0/s1. The summed E-state index contributed by atoms with van der Waals surface area (Å²) in [6.07, 6.45) is -0.483. The summed E-state index contributed by atoms with van der Waals surface area (Å²) in [7, 11) is 1.34. The van der Waals surface area contributed by atoms with Crippen LogP contribution in [0.5, 0.6) is 0 Å². The van der Waals surface area contributed by atoms with Gasteiger partial charge in [-0.25, -0.2) is 4.79 Å². The van der Waals surface area contributed by atoms with E-state index in [1.54, 1.807) is 0 Å². The number of amides is 1. The van der Waals surface area contributed by atoms with Crippen molar-refractivity contribution in [3.63, 3.8) is 0 Å². The van der Waals surface area contributed by atoms with Crippen molar-refractivity contribution in [1.29, 1.82) is 0 Å². The molecule has 0 radical (unpaired) electrons. The molecule has 0 heterocycles. The normalized spacial score (nSPS) is 13.0. The minimum atomic E-state index is -0.639. The van der Waals surface area contributed by atoms with Crippen molar-refractivity contribution in [2.24, 2.45) is 0 Å². The van der Waals surface area contributed by atoms with Crippen LogP contribution < -0.4 is 5.32 Å². The van der Waals surface area contributed by atoms with E-state index in [2.05, 4.69) is 57.8 Å². The van der Waals surface area contributed by atoms with Crippen LogP contribution >= 0.6 is 47.8 Å². The molecule has 1 N–H and O–H groups in total. The number of alkyl halides is 3. The number of alkyl carbamates (subject to hydrolysis) is 1. The zero-order chi connectivity index (χ0) is 13.9. The van der Waals surface area contributed by atoms with Crippen molar-refractivity contribution in [1.82, 2.24) is 5.32 Å². The van der Waals surface area contributed by atoms with Gasteiger partial charge in [-0.15, -0.1) is 0 Å². The molecule has 0 aliphatic rings. The molecule has 3 nitrogen and oxygen atoms in total. The highest BCUT2D eigenvalue weighted by Gasteiger charge is 2.34. The van der Waals surface area contributed by atoms with Gasteiger partial charge in [-0.3, -0.25) is 0 Å². The number of rotatable bonds is 2. The van der Waals surface area contributed by atoms with Crippen molar-refractivity contribution in [3.05, 3.63) is 34.9 Å². The van der Waals surface area contributed by atoms with Gasteiger partial charge in [0, 0.05) is 0 Å². The van der Waals surface area contributed by atoms with Crippen molar-refractivity contribution in [2.75, 3.05) is 7.11 Å². The monoisotopic (exact) mass is 441 g/mol. The molecule has 0 fully saturated rings. The van der Waals surface area contributed by atoms with E-state index < -0.39 is 8.24 Å². The Balaban J connectivity index is 3.17. The second-order valence-corrected chi connectivity index (χ2v) is 10.9. The molecule has 0 aliphatic heterocycles. The van der Waals surface area contributed by atoms with E-state index in [0.717, 1.165) is 16.7 Å². The van der Waals surface area contributed by atoms with Crippen molar-refractivity contribution < 1.29 is 9.53 Å². The number of hydrogen-bond acceptors (Lipinski definition) is 2. The molecule has 0 unspecified atom stereocenters. The molecule has 0 aliphatic carbocycles. The fourth-order valence-corrected chi connectivity index (χ4v) is 2.67. The van der Waals surface area contributed by atoms with Gasteiger partial charge in [0.1, 0.15) is 0 Å². The first-order chi connectivity index (χ1) is 8.25. The molecule has 0 saturated carbocycles. The number of ether oxygens (including phenoxy) is 1. The smallest absolute Gasteiger partial charge is 0.407 e. The number of carbonyl (C=O) groups excluding carboxylic acids is 1. The number of aryl methyl sites for hydroxylation is 2. The van der Waals surface area contributed by atoms with Crippen LogP contribution in [0.2, 0.25) is 0 Å². The van der Waals surface area contributed by atoms with Gasteiger partial charge in [0.25, 0.3) is 0 Å². The van der Waals surface area contributed by atoms with E-state index in [1.807, 2.05) is 32.0 Å².